The van der Waals surface area contributed by atoms with Gasteiger partial charge in [-0.3, -0.25) is 4.90 Å². The molecule has 1 aliphatic heterocycles. The molecule has 0 bridgehead atoms. The van der Waals surface area contributed by atoms with E-state index in [4.69, 9.17) is 0 Å². The zero-order chi connectivity index (χ0) is 13.2. The van der Waals surface area contributed by atoms with Crippen molar-refractivity contribution in [3.8, 4) is 0 Å². The molecular weight excluding hydrogens is 238 g/mol. The smallest absolute Gasteiger partial charge is 0.128 e. The Morgan fingerprint density at radius 2 is 2.21 bits per heavy atom. The van der Waals surface area contributed by atoms with Crippen LogP contribution in [-0.2, 0) is 19.6 Å². The molecular formula is C14H19N5. The lowest BCUT2D eigenvalue weighted by molar-refractivity contribution is 0.213. The second-order valence-corrected chi connectivity index (χ2v) is 5.21. The van der Waals surface area contributed by atoms with E-state index < -0.39 is 0 Å². The zero-order valence-electron chi connectivity index (χ0n) is 11.5. The molecule has 3 heterocycles. The molecule has 5 nitrogen and oxygen atoms in total. The van der Waals surface area contributed by atoms with Gasteiger partial charge in [-0.05, 0) is 17.7 Å². The van der Waals surface area contributed by atoms with Crippen LogP contribution < -0.4 is 4.90 Å². The number of pyridine rings is 1. The van der Waals surface area contributed by atoms with Crippen LogP contribution in [0.2, 0.25) is 0 Å². The minimum Gasteiger partial charge on any atom is -0.363 e. The van der Waals surface area contributed by atoms with Gasteiger partial charge in [-0.2, -0.15) is 0 Å². The first kappa shape index (κ1) is 12.2. The van der Waals surface area contributed by atoms with Crippen molar-refractivity contribution < 1.29 is 0 Å². The van der Waals surface area contributed by atoms with Gasteiger partial charge in [-0.15, -0.1) is 0 Å². The summed E-state index contributed by atoms with van der Waals surface area (Å²) in [5.41, 5.74) is 2.61. The molecule has 0 unspecified atom stereocenters. The molecule has 2 aromatic heterocycles. The maximum absolute atomic E-state index is 4.35. The van der Waals surface area contributed by atoms with E-state index in [1.165, 1.54) is 11.3 Å². The highest BCUT2D eigenvalue weighted by molar-refractivity contribution is 5.39. The Hall–Kier alpha value is -1.88. The van der Waals surface area contributed by atoms with Gasteiger partial charge in [-0.25, -0.2) is 9.97 Å². The van der Waals surface area contributed by atoms with Gasteiger partial charge in [-0.1, -0.05) is 0 Å². The number of hydrogen-bond donors (Lipinski definition) is 0. The number of fused-ring (bicyclic) bond motifs is 1. The van der Waals surface area contributed by atoms with Gasteiger partial charge < -0.3 is 9.47 Å². The Labute approximate surface area is 113 Å². The van der Waals surface area contributed by atoms with Gasteiger partial charge in [0.2, 0.25) is 0 Å². The van der Waals surface area contributed by atoms with Crippen LogP contribution in [0, 0.1) is 0 Å². The second kappa shape index (κ2) is 5.01. The van der Waals surface area contributed by atoms with Gasteiger partial charge in [0, 0.05) is 52.7 Å². The molecule has 1 aliphatic rings. The molecule has 0 saturated heterocycles. The van der Waals surface area contributed by atoms with Crippen molar-refractivity contribution in [2.24, 2.45) is 0 Å². The number of aromatic nitrogens is 3. The lowest BCUT2D eigenvalue weighted by Crippen LogP contribution is -2.32. The normalized spacial score (nSPS) is 15.3. The highest BCUT2D eigenvalue weighted by Crippen LogP contribution is 2.16. The molecule has 0 spiro atoms. The van der Waals surface area contributed by atoms with Gasteiger partial charge >= 0.3 is 0 Å². The van der Waals surface area contributed by atoms with E-state index >= 15 is 0 Å². The Morgan fingerprint density at radius 3 is 3.05 bits per heavy atom. The summed E-state index contributed by atoms with van der Waals surface area (Å²) in [5, 5.41) is 0. The summed E-state index contributed by atoms with van der Waals surface area (Å²) in [6.07, 6.45) is 5.77. The fourth-order valence-electron chi connectivity index (χ4n) is 2.44. The standard InChI is InChI=1S/C14H19N5/c1-17(2)14-7-12(3-4-16-14)9-18-5-6-19-11-15-8-13(19)10-18/h3-4,7-8,11H,5-6,9-10H2,1-2H3. The van der Waals surface area contributed by atoms with Crippen molar-refractivity contribution in [2.45, 2.75) is 19.6 Å². The van der Waals surface area contributed by atoms with E-state index in [1.54, 1.807) is 0 Å². The highest BCUT2D eigenvalue weighted by atomic mass is 15.2. The first-order valence-corrected chi connectivity index (χ1v) is 6.56. The van der Waals surface area contributed by atoms with E-state index in [9.17, 15) is 0 Å². The molecule has 0 aliphatic carbocycles. The van der Waals surface area contributed by atoms with Crippen molar-refractivity contribution in [3.05, 3.63) is 42.1 Å². The van der Waals surface area contributed by atoms with Gasteiger partial charge in [0.25, 0.3) is 0 Å². The van der Waals surface area contributed by atoms with Gasteiger partial charge in [0.1, 0.15) is 5.82 Å². The van der Waals surface area contributed by atoms with Crippen LogP contribution >= 0.6 is 0 Å². The first-order valence-electron chi connectivity index (χ1n) is 6.56. The molecule has 5 heteroatoms. The Balaban J connectivity index is 1.71. The first-order chi connectivity index (χ1) is 9.22. The predicted molar refractivity (Wildman–Crippen MR) is 74.9 cm³/mol. The summed E-state index contributed by atoms with van der Waals surface area (Å²) in [7, 11) is 4.04. The quantitative estimate of drug-likeness (QED) is 0.832. The zero-order valence-corrected chi connectivity index (χ0v) is 11.5. The molecule has 3 rings (SSSR count). The maximum atomic E-state index is 4.35. The summed E-state index contributed by atoms with van der Waals surface area (Å²) in [6.45, 7) is 4.04. The summed E-state index contributed by atoms with van der Waals surface area (Å²) < 4.78 is 2.23. The number of nitrogens with zero attached hydrogens (tertiary/aromatic N) is 5. The molecule has 0 radical (unpaired) electrons. The van der Waals surface area contributed by atoms with E-state index in [1.807, 2.05) is 37.7 Å². The summed E-state index contributed by atoms with van der Waals surface area (Å²) in [4.78, 5) is 13.0. The molecule has 0 fully saturated rings. The molecule has 2 aromatic rings. The fourth-order valence-corrected chi connectivity index (χ4v) is 2.44. The Bertz CT molecular complexity index is 560. The van der Waals surface area contributed by atoms with Crippen LogP contribution in [0.5, 0.6) is 0 Å². The third kappa shape index (κ3) is 2.61. The highest BCUT2D eigenvalue weighted by Gasteiger charge is 2.16. The van der Waals surface area contributed by atoms with E-state index in [0.29, 0.717) is 0 Å². The number of hydrogen-bond acceptors (Lipinski definition) is 4. The molecule has 0 N–H and O–H groups in total. The average Bonchev–Trinajstić information content (AvgIpc) is 2.86. The van der Waals surface area contributed by atoms with Crippen molar-refractivity contribution >= 4 is 5.82 Å². The molecule has 0 saturated carbocycles. The Kier molecular flexibility index (Phi) is 3.21. The van der Waals surface area contributed by atoms with E-state index in [2.05, 4.69) is 31.6 Å². The molecule has 19 heavy (non-hydrogen) atoms. The van der Waals surface area contributed by atoms with Crippen LogP contribution in [-0.4, -0.2) is 40.1 Å². The number of imidazole rings is 1. The van der Waals surface area contributed by atoms with Gasteiger partial charge in [0.15, 0.2) is 0 Å². The monoisotopic (exact) mass is 257 g/mol. The molecule has 0 atom stereocenters. The topological polar surface area (TPSA) is 37.2 Å². The summed E-state index contributed by atoms with van der Waals surface area (Å²) in [5.74, 6) is 1.01. The summed E-state index contributed by atoms with van der Waals surface area (Å²) >= 11 is 0. The van der Waals surface area contributed by atoms with Crippen molar-refractivity contribution in [1.82, 2.24) is 19.4 Å². The third-order valence-electron chi connectivity index (χ3n) is 3.52. The van der Waals surface area contributed by atoms with Gasteiger partial charge in [0.05, 0.1) is 12.0 Å². The lowest BCUT2D eigenvalue weighted by atomic mass is 10.2. The SMILES string of the molecule is CN(C)c1cc(CN2CCn3cncc3C2)ccn1. The maximum Gasteiger partial charge on any atom is 0.128 e. The van der Waals surface area contributed by atoms with E-state index in [-0.39, 0.29) is 0 Å². The van der Waals surface area contributed by atoms with Crippen LogP contribution in [0.15, 0.2) is 30.9 Å². The van der Waals surface area contributed by atoms with Crippen LogP contribution in [0.4, 0.5) is 5.82 Å². The van der Waals surface area contributed by atoms with Crippen molar-refractivity contribution in [3.63, 3.8) is 0 Å². The predicted octanol–water partition coefficient (Wildman–Crippen LogP) is 1.36. The molecule has 100 valence electrons. The summed E-state index contributed by atoms with van der Waals surface area (Å²) in [6, 6.07) is 4.25. The van der Waals surface area contributed by atoms with Crippen molar-refractivity contribution in [2.75, 3.05) is 25.5 Å². The fraction of sp³-hybridized carbons (Fsp3) is 0.429. The van der Waals surface area contributed by atoms with E-state index in [0.717, 1.165) is 32.0 Å². The Morgan fingerprint density at radius 1 is 1.32 bits per heavy atom. The minimum atomic E-state index is 0.967. The van der Waals surface area contributed by atoms with Crippen LogP contribution in [0.3, 0.4) is 0 Å². The molecule has 0 aromatic carbocycles. The third-order valence-corrected chi connectivity index (χ3v) is 3.52. The molecule has 0 amide bonds. The minimum absolute atomic E-state index is 0.967. The number of rotatable bonds is 3. The van der Waals surface area contributed by atoms with Crippen LogP contribution in [0.25, 0.3) is 0 Å². The largest absolute Gasteiger partial charge is 0.363 e. The number of anilines is 1. The van der Waals surface area contributed by atoms with Crippen molar-refractivity contribution in [1.29, 1.82) is 0 Å². The second-order valence-electron chi connectivity index (χ2n) is 5.21. The average molecular weight is 257 g/mol. The van der Waals surface area contributed by atoms with Crippen LogP contribution in [0.1, 0.15) is 11.3 Å². The lowest BCUT2D eigenvalue weighted by Gasteiger charge is -2.28.